The first-order valence-electron chi connectivity index (χ1n) is 8.82. The van der Waals surface area contributed by atoms with Gasteiger partial charge < -0.3 is 19.9 Å². The first-order valence-corrected chi connectivity index (χ1v) is 8.82. The highest BCUT2D eigenvalue weighted by Gasteiger charge is 2.23. The molecule has 1 aliphatic heterocycles. The zero-order valence-corrected chi connectivity index (χ0v) is 15.5. The van der Waals surface area contributed by atoms with Crippen molar-refractivity contribution >= 4 is 23.3 Å². The molecule has 0 unspecified atom stereocenters. The smallest absolute Gasteiger partial charge is 0.227 e. The van der Waals surface area contributed by atoms with Gasteiger partial charge >= 0.3 is 0 Å². The Hall–Kier alpha value is -2.31. The lowest BCUT2D eigenvalue weighted by Gasteiger charge is -2.35. The SMILES string of the molecule is CCC[C@H](C)C(=O)Nc1ccc(OC)nc1N1CCN(C(C)=O)CC1. The van der Waals surface area contributed by atoms with Crippen molar-refractivity contribution in [3.63, 3.8) is 0 Å². The molecule has 7 nitrogen and oxygen atoms in total. The Morgan fingerprint density at radius 2 is 1.96 bits per heavy atom. The maximum Gasteiger partial charge on any atom is 0.227 e. The first kappa shape index (κ1) is 19.0. The molecule has 1 aromatic rings. The minimum absolute atomic E-state index is 0.00237. The Morgan fingerprint density at radius 3 is 2.52 bits per heavy atom. The number of carbonyl (C=O) groups is 2. The molecule has 2 heterocycles. The van der Waals surface area contributed by atoms with Crippen LogP contribution in [0.1, 0.15) is 33.6 Å². The molecule has 25 heavy (non-hydrogen) atoms. The van der Waals surface area contributed by atoms with Crippen molar-refractivity contribution < 1.29 is 14.3 Å². The van der Waals surface area contributed by atoms with Crippen LogP contribution >= 0.6 is 0 Å². The summed E-state index contributed by atoms with van der Waals surface area (Å²) in [4.78, 5) is 32.3. The first-order chi connectivity index (χ1) is 12.0. The summed E-state index contributed by atoms with van der Waals surface area (Å²) in [7, 11) is 1.57. The fraction of sp³-hybridized carbons (Fsp3) is 0.611. The fourth-order valence-corrected chi connectivity index (χ4v) is 2.94. The summed E-state index contributed by atoms with van der Waals surface area (Å²) in [6, 6.07) is 3.57. The highest BCUT2D eigenvalue weighted by molar-refractivity contribution is 5.95. The minimum Gasteiger partial charge on any atom is -0.481 e. The third kappa shape index (κ3) is 4.84. The number of amides is 2. The molecule has 7 heteroatoms. The largest absolute Gasteiger partial charge is 0.481 e. The topological polar surface area (TPSA) is 74.8 Å². The van der Waals surface area contributed by atoms with E-state index in [1.165, 1.54) is 0 Å². The van der Waals surface area contributed by atoms with Crippen molar-refractivity contribution in [1.82, 2.24) is 9.88 Å². The van der Waals surface area contributed by atoms with E-state index in [4.69, 9.17) is 4.74 Å². The van der Waals surface area contributed by atoms with Gasteiger partial charge in [0.05, 0.1) is 12.8 Å². The average molecular weight is 348 g/mol. The summed E-state index contributed by atoms with van der Waals surface area (Å²) in [5, 5.41) is 3.00. The van der Waals surface area contributed by atoms with E-state index >= 15 is 0 Å². The molecule has 0 spiro atoms. The van der Waals surface area contributed by atoms with Crippen molar-refractivity contribution in [1.29, 1.82) is 0 Å². The molecular formula is C18H28N4O3. The molecule has 138 valence electrons. The summed E-state index contributed by atoms with van der Waals surface area (Å²) in [6.07, 6.45) is 1.82. The van der Waals surface area contributed by atoms with Gasteiger partial charge in [-0.05, 0) is 12.5 Å². The van der Waals surface area contributed by atoms with E-state index in [-0.39, 0.29) is 17.7 Å². The number of aromatic nitrogens is 1. The molecule has 1 atom stereocenters. The Balaban J connectivity index is 2.18. The lowest BCUT2D eigenvalue weighted by Crippen LogP contribution is -2.48. The monoisotopic (exact) mass is 348 g/mol. The second-order valence-electron chi connectivity index (χ2n) is 6.40. The minimum atomic E-state index is -0.0467. The van der Waals surface area contributed by atoms with Crippen molar-refractivity contribution in [3.05, 3.63) is 12.1 Å². The fourth-order valence-electron chi connectivity index (χ4n) is 2.94. The molecule has 1 aromatic heterocycles. The molecule has 1 N–H and O–H groups in total. The molecule has 2 amide bonds. The summed E-state index contributed by atoms with van der Waals surface area (Å²) in [5.74, 6) is 1.23. The van der Waals surface area contributed by atoms with Crippen molar-refractivity contribution in [2.45, 2.75) is 33.6 Å². The second-order valence-corrected chi connectivity index (χ2v) is 6.40. The number of nitrogens with one attached hydrogen (secondary N) is 1. The predicted octanol–water partition coefficient (Wildman–Crippen LogP) is 2.13. The Labute approximate surface area is 149 Å². The number of piperazine rings is 1. The third-order valence-electron chi connectivity index (χ3n) is 4.51. The third-order valence-corrected chi connectivity index (χ3v) is 4.51. The van der Waals surface area contributed by atoms with Crippen LogP contribution in [0, 0.1) is 5.92 Å². The number of anilines is 2. The highest BCUT2D eigenvalue weighted by Crippen LogP contribution is 2.28. The van der Waals surface area contributed by atoms with Crippen molar-refractivity contribution in [2.24, 2.45) is 5.92 Å². The van der Waals surface area contributed by atoms with Crippen molar-refractivity contribution in [2.75, 3.05) is 43.5 Å². The molecule has 1 aliphatic rings. The van der Waals surface area contributed by atoms with Crippen LogP contribution in [0.25, 0.3) is 0 Å². The van der Waals surface area contributed by atoms with E-state index in [9.17, 15) is 9.59 Å². The molecule has 1 saturated heterocycles. The molecule has 0 bridgehead atoms. The number of rotatable bonds is 6. The van der Waals surface area contributed by atoms with Crippen LogP contribution < -0.4 is 15.0 Å². The molecular weight excluding hydrogens is 320 g/mol. The van der Waals surface area contributed by atoms with Crippen LogP contribution in [-0.2, 0) is 9.59 Å². The zero-order valence-electron chi connectivity index (χ0n) is 15.5. The number of carbonyl (C=O) groups excluding carboxylic acids is 2. The summed E-state index contributed by atoms with van der Waals surface area (Å²) in [6.45, 7) is 8.22. The quantitative estimate of drug-likeness (QED) is 0.852. The second kappa shape index (κ2) is 8.69. The van der Waals surface area contributed by atoms with Gasteiger partial charge in [-0.1, -0.05) is 20.3 Å². The highest BCUT2D eigenvalue weighted by atomic mass is 16.5. The molecule has 1 fully saturated rings. The maximum absolute atomic E-state index is 12.4. The maximum atomic E-state index is 12.4. The van der Waals surface area contributed by atoms with Crippen LogP contribution in [0.5, 0.6) is 5.88 Å². The van der Waals surface area contributed by atoms with Gasteiger partial charge in [-0.25, -0.2) is 0 Å². The number of hydrogen-bond donors (Lipinski definition) is 1. The zero-order chi connectivity index (χ0) is 18.4. The lowest BCUT2D eigenvalue weighted by atomic mass is 10.1. The van der Waals surface area contributed by atoms with E-state index in [2.05, 4.69) is 22.1 Å². The van der Waals surface area contributed by atoms with E-state index in [0.717, 1.165) is 12.8 Å². The molecule has 2 rings (SSSR count). The standard InChI is InChI=1S/C18H28N4O3/c1-5-6-13(2)18(24)19-15-7-8-16(25-4)20-17(15)22-11-9-21(10-12-22)14(3)23/h7-8,13H,5-6,9-12H2,1-4H3,(H,19,24)/t13-/m0/s1. The Morgan fingerprint density at radius 1 is 1.28 bits per heavy atom. The van der Waals surface area contributed by atoms with Gasteiger partial charge in [0.25, 0.3) is 0 Å². The van der Waals surface area contributed by atoms with Gasteiger partial charge in [0.15, 0.2) is 5.82 Å². The van der Waals surface area contributed by atoms with E-state index in [1.807, 2.05) is 17.9 Å². The van der Waals surface area contributed by atoms with E-state index < -0.39 is 0 Å². The van der Waals surface area contributed by atoms with Crippen LogP contribution in [0.3, 0.4) is 0 Å². The normalized spacial score (nSPS) is 15.7. The average Bonchev–Trinajstić information content (AvgIpc) is 2.62. The predicted molar refractivity (Wildman–Crippen MR) is 98.0 cm³/mol. The number of methoxy groups -OCH3 is 1. The number of pyridine rings is 1. The van der Waals surface area contributed by atoms with Gasteiger partial charge in [-0.15, -0.1) is 0 Å². The molecule has 0 radical (unpaired) electrons. The number of nitrogens with zero attached hydrogens (tertiary/aromatic N) is 3. The molecule has 0 saturated carbocycles. The Kier molecular flexibility index (Phi) is 6.61. The van der Waals surface area contributed by atoms with Crippen LogP contribution in [0.15, 0.2) is 12.1 Å². The van der Waals surface area contributed by atoms with E-state index in [1.54, 1.807) is 20.1 Å². The van der Waals surface area contributed by atoms with E-state index in [0.29, 0.717) is 43.6 Å². The lowest BCUT2D eigenvalue weighted by molar-refractivity contribution is -0.129. The van der Waals surface area contributed by atoms with Gasteiger partial charge in [-0.2, -0.15) is 4.98 Å². The van der Waals surface area contributed by atoms with Crippen LogP contribution in [-0.4, -0.2) is 55.0 Å². The number of hydrogen-bond acceptors (Lipinski definition) is 5. The Bertz CT molecular complexity index is 612. The van der Waals surface area contributed by atoms with Gasteiger partial charge in [0.2, 0.25) is 17.7 Å². The summed E-state index contributed by atoms with van der Waals surface area (Å²) >= 11 is 0. The van der Waals surface area contributed by atoms with Crippen LogP contribution in [0.4, 0.5) is 11.5 Å². The summed E-state index contributed by atoms with van der Waals surface area (Å²) < 4.78 is 5.24. The van der Waals surface area contributed by atoms with Crippen LogP contribution in [0.2, 0.25) is 0 Å². The van der Waals surface area contributed by atoms with Gasteiger partial charge in [0.1, 0.15) is 0 Å². The molecule has 0 aliphatic carbocycles. The van der Waals surface area contributed by atoms with Gasteiger partial charge in [0, 0.05) is 45.1 Å². The van der Waals surface area contributed by atoms with Gasteiger partial charge in [-0.3, -0.25) is 9.59 Å². The number of ether oxygens (including phenoxy) is 1. The molecule has 0 aromatic carbocycles. The van der Waals surface area contributed by atoms with Crippen molar-refractivity contribution in [3.8, 4) is 5.88 Å². The summed E-state index contributed by atoms with van der Waals surface area (Å²) in [5.41, 5.74) is 0.685.